The molecule has 0 radical (unpaired) electrons. The molecule has 730 valence electrons. The summed E-state index contributed by atoms with van der Waals surface area (Å²) in [6.45, 7) is 24.0. The van der Waals surface area contributed by atoms with Crippen LogP contribution in [0.3, 0.4) is 0 Å². The second kappa shape index (κ2) is 50.5. The summed E-state index contributed by atoms with van der Waals surface area (Å²) in [5.41, 5.74) is 18.3. The fourth-order valence-electron chi connectivity index (χ4n) is 17.5. The molecule has 39 nitrogen and oxygen atoms in total. The zero-order chi connectivity index (χ0) is 96.1. The number of piperidine rings is 1. The number of carbonyl (C=O) groups is 9. The van der Waals surface area contributed by atoms with Crippen LogP contribution in [0, 0.1) is 29.6 Å². The highest BCUT2D eigenvalue weighted by molar-refractivity contribution is 6.39. The number of alkyl carbamates (subject to hydrolysis) is 1. The number of fused-ring (bicyclic) bond motifs is 2. The van der Waals surface area contributed by atoms with Crippen LogP contribution < -0.4 is 37.2 Å². The van der Waals surface area contributed by atoms with Gasteiger partial charge >= 0.3 is 12.1 Å². The minimum Gasteiger partial charge on any atom is -0.459 e. The third kappa shape index (κ3) is 28.8. The molecule has 11 rings (SSSR count). The van der Waals surface area contributed by atoms with Gasteiger partial charge in [-0.25, -0.2) is 49.2 Å². The molecule has 39 heteroatoms. The predicted molar refractivity (Wildman–Crippen MR) is 499 cm³/mol. The summed E-state index contributed by atoms with van der Waals surface area (Å²) in [4.78, 5) is 165. The number of pyridine rings is 1. The van der Waals surface area contributed by atoms with Crippen LogP contribution in [0.2, 0.25) is 0 Å². The van der Waals surface area contributed by atoms with Gasteiger partial charge in [-0.3, -0.25) is 38.5 Å². The number of piperazine rings is 2. The van der Waals surface area contributed by atoms with Crippen molar-refractivity contribution in [1.82, 2.24) is 80.3 Å². The van der Waals surface area contributed by atoms with Gasteiger partial charge in [-0.05, 0) is 126 Å². The van der Waals surface area contributed by atoms with Crippen LogP contribution in [0.4, 0.5) is 22.5 Å². The zero-order valence-electron chi connectivity index (χ0n) is 78.7. The molecule has 0 spiro atoms. The van der Waals surface area contributed by atoms with Crippen LogP contribution in [0.5, 0.6) is 0 Å². The number of ketones is 3. The molecule has 1 saturated carbocycles. The number of aliphatic hydroxyl groups is 3. The number of likely N-dealkylation sites (tertiary alicyclic amines) is 1. The van der Waals surface area contributed by atoms with E-state index in [9.17, 15) is 58.5 Å². The van der Waals surface area contributed by atoms with Crippen LogP contribution in [0.1, 0.15) is 167 Å². The number of unbranched alkanes of at least 4 members (excludes halogenated alkanes) is 1. The second-order valence-corrected chi connectivity index (χ2v) is 36.2. The van der Waals surface area contributed by atoms with Gasteiger partial charge in [0.2, 0.25) is 29.5 Å². The number of H-pyrrole nitrogens is 1. The zero-order valence-corrected chi connectivity index (χ0v) is 78.7. The number of hydrogen-bond acceptors (Lipinski definition) is 32. The van der Waals surface area contributed by atoms with E-state index in [1.807, 2.05) is 77.0 Å². The lowest BCUT2D eigenvalue weighted by Gasteiger charge is -2.42. The number of Topliss-reactive ketones (excluding diaryl/α,β-unsaturated/α-hetero) is 3. The number of nitrogen functional groups attached to an aromatic ring is 1. The van der Waals surface area contributed by atoms with Crippen molar-refractivity contribution < 1.29 is 91.6 Å². The van der Waals surface area contributed by atoms with Crippen molar-refractivity contribution in [3.05, 3.63) is 115 Å². The Morgan fingerprint density at radius 2 is 1.46 bits per heavy atom. The van der Waals surface area contributed by atoms with E-state index in [0.717, 1.165) is 53.1 Å². The molecule has 11 N–H and O–H groups in total. The highest BCUT2D eigenvalue weighted by Gasteiger charge is 2.53. The number of allylic oxidation sites excluding steroid dienone is 5. The largest absolute Gasteiger partial charge is 0.459 e. The summed E-state index contributed by atoms with van der Waals surface area (Å²) in [5.74, 6) is -7.12. The molecular weight excluding hydrogens is 1730 g/mol. The van der Waals surface area contributed by atoms with Crippen LogP contribution in [-0.2, 0) is 79.8 Å². The van der Waals surface area contributed by atoms with Crippen molar-refractivity contribution in [2.24, 2.45) is 35.3 Å². The van der Waals surface area contributed by atoms with E-state index in [2.05, 4.69) is 72.2 Å². The first kappa shape index (κ1) is 103. The molecule has 1 aliphatic carbocycles. The van der Waals surface area contributed by atoms with Crippen molar-refractivity contribution in [3.8, 4) is 11.3 Å². The molecule has 0 unspecified atom stereocenters. The molecular formula is C95H136N20O19. The van der Waals surface area contributed by atoms with Gasteiger partial charge in [-0.15, -0.1) is 0 Å². The Hall–Kier alpha value is -11.0. The molecule has 5 fully saturated rings. The molecule has 0 bridgehead atoms. The number of aromatic amines is 1. The number of anilines is 3. The maximum absolute atomic E-state index is 14.4. The second-order valence-electron chi connectivity index (χ2n) is 36.2. The first-order chi connectivity index (χ1) is 64.4. The third-order valence-electron chi connectivity index (χ3n) is 25.9. The molecule has 14 atom stereocenters. The Bertz CT molecular complexity index is 5020. The average Bonchev–Trinajstić information content (AvgIpc) is 1.54. The van der Waals surface area contributed by atoms with Crippen molar-refractivity contribution in [1.29, 1.82) is 0 Å². The summed E-state index contributed by atoms with van der Waals surface area (Å²) in [5, 5.41) is 47.5. The summed E-state index contributed by atoms with van der Waals surface area (Å²) < 4.78 is 43.3. The normalized spacial score (nSPS) is 21.5. The Morgan fingerprint density at radius 1 is 0.746 bits per heavy atom. The third-order valence-corrected chi connectivity index (χ3v) is 25.9. The lowest BCUT2D eigenvalue weighted by Crippen LogP contribution is -2.61. The minimum absolute atomic E-state index is 0.0173. The number of aliphatic hydroxyl groups excluding tert-OH is 2. The molecule has 4 aliphatic heterocycles. The highest BCUT2D eigenvalue weighted by Crippen LogP contribution is 2.39. The van der Waals surface area contributed by atoms with Crippen LogP contribution in [0.25, 0.3) is 33.3 Å². The van der Waals surface area contributed by atoms with Gasteiger partial charge < -0.3 is 100 Å². The van der Waals surface area contributed by atoms with Crippen molar-refractivity contribution in [2.75, 3.05) is 135 Å². The molecule has 10 heterocycles. The molecule has 6 aromatic rings. The SMILES string of the molecule is C=C(C)[C@@H](O)[C@@H](O)C(=O)[C@H](C)C[C@H](C)/C=C/C=C/C=C(\C)[C@H](C[C@@H]1CC[C@@H](C)[C@](O)(C(=O)C(=O)N2CCCC[C@H]2C(=O)O[C@@H](CC(=O)C(C)C)[C@H](N)C[C@@H]2CC[C@@H](OC(=O)NCCOCCC(=O)NCc3cnc(N4CCN(C(=O)CCOCCN5CCN(c6ncc(C(=O)NCCCCn7nc(-c8cnc9[nH]ccc9c8)c8c(N)ncnc87)cn6)CC5)CC4)nc3)[C@H](OC)C2)O1)OC. The number of nitrogens with two attached hydrogens (primary N) is 2. The number of hydrogen-bond donors (Lipinski definition) is 9. The summed E-state index contributed by atoms with van der Waals surface area (Å²) in [6, 6.07) is 1.90. The van der Waals surface area contributed by atoms with E-state index in [1.165, 1.54) is 13.4 Å². The number of amides is 5. The standard InChI is InChI=1S/C95H136N20O19/c1-59(2)73(116)51-76(132-91(125)72-20-14-16-31-114(72)90(124)85(122)95(127)64(8)21-23-70(134-95)50-75(128-9)62(6)19-13-11-12-18-61(5)46-63(7)83(120)84(121)82(119)60(3)4)71(96)47-65-22-24-74(77(48-65)129-10)133-94(126)100-30-44-130-42-26-78(117)101-52-66-53-103-92(104-54-66)113-39-37-111(38-40-113)79(118)27-43-131-45-41-110-33-35-112(36-34-110)93-105-56-69(57-106-93)89(123)99-28-15-17-32-115-88-80(86(97)107-58-108-88)81(109-115)68-49-67-25-29-98-87(67)102-55-68/h11-13,18-19,25,29,49,53-59,61,63-65,70-72,74-77,82,84,119,121,127H,3,14-17,20-24,26-28,30-48,50-52,96H2,1-2,4-10H3,(H,98,102)(H,99,123)(H,100,126)(H,101,117)(H2,97,107,108)/b13-11+,18-12+,62-19+/t61-,63-,64-,65+,70+,71-,72+,74-,75+,76+,77-,82-,84-,95-/m1/s1. The monoisotopic (exact) mass is 1860 g/mol. The van der Waals surface area contributed by atoms with E-state index < -0.39 is 108 Å². The maximum Gasteiger partial charge on any atom is 0.407 e. The van der Waals surface area contributed by atoms with E-state index in [0.29, 0.717) is 181 Å². The number of aryl methyl sites for hydroxylation is 1. The van der Waals surface area contributed by atoms with E-state index in [-0.39, 0.29) is 100 Å². The Balaban J connectivity index is 0.513. The summed E-state index contributed by atoms with van der Waals surface area (Å²) >= 11 is 0. The number of rotatable bonds is 48. The van der Waals surface area contributed by atoms with Crippen LogP contribution >= 0.6 is 0 Å². The van der Waals surface area contributed by atoms with Crippen molar-refractivity contribution in [2.45, 2.75) is 225 Å². The highest BCUT2D eigenvalue weighted by atomic mass is 16.6. The molecule has 5 aliphatic rings. The van der Waals surface area contributed by atoms with Crippen LogP contribution in [-0.4, -0.2) is 312 Å². The minimum atomic E-state index is -2.52. The number of nitrogens with zero attached hydrogens (tertiary/aromatic N) is 14. The number of esters is 1. The van der Waals surface area contributed by atoms with E-state index >= 15 is 0 Å². The number of ether oxygens (including phenoxy) is 7. The summed E-state index contributed by atoms with van der Waals surface area (Å²) in [7, 11) is 3.06. The number of carbonyl (C=O) groups excluding carboxylic acids is 9. The van der Waals surface area contributed by atoms with Crippen LogP contribution in [0.15, 0.2) is 104 Å². The molecule has 6 aromatic heterocycles. The lowest BCUT2D eigenvalue weighted by molar-refractivity contribution is -0.265. The smallest absolute Gasteiger partial charge is 0.407 e. The molecule has 134 heavy (non-hydrogen) atoms. The van der Waals surface area contributed by atoms with Gasteiger partial charge in [0.1, 0.15) is 59.7 Å². The summed E-state index contributed by atoms with van der Waals surface area (Å²) in [6.07, 6.45) is 19.8. The molecule has 4 saturated heterocycles. The van der Waals surface area contributed by atoms with Gasteiger partial charge in [0, 0.05) is 203 Å². The molecule has 0 aromatic carbocycles. The number of aromatic nitrogens is 10. The lowest BCUT2D eigenvalue weighted by atomic mass is 9.80. The van der Waals surface area contributed by atoms with Gasteiger partial charge in [0.25, 0.3) is 17.6 Å². The predicted octanol–water partition coefficient (Wildman–Crippen LogP) is 6.24. The number of nitrogens with one attached hydrogen (secondary N) is 4. The fraction of sp³-hybridized carbons (Fsp3) is 0.611. The Morgan fingerprint density at radius 3 is 2.18 bits per heavy atom. The number of methoxy groups -OCH3 is 2. The van der Waals surface area contributed by atoms with Gasteiger partial charge in [0.15, 0.2) is 11.4 Å². The van der Waals surface area contributed by atoms with E-state index in [1.54, 1.807) is 72.7 Å². The average molecular weight is 1860 g/mol. The first-order valence-corrected chi connectivity index (χ1v) is 47.0. The first-order valence-electron chi connectivity index (χ1n) is 47.0. The molecule has 5 amide bonds. The fourth-order valence-corrected chi connectivity index (χ4v) is 17.5. The Kier molecular flexibility index (Phi) is 39.0. The van der Waals surface area contributed by atoms with Crippen molar-refractivity contribution >= 4 is 92.8 Å². The van der Waals surface area contributed by atoms with Gasteiger partial charge in [0.05, 0.1) is 62.1 Å². The van der Waals surface area contributed by atoms with E-state index in [4.69, 9.17) is 49.7 Å². The van der Waals surface area contributed by atoms with Gasteiger partial charge in [-0.2, -0.15) is 5.10 Å². The topological polar surface area (TPSA) is 507 Å². The van der Waals surface area contributed by atoms with Crippen molar-refractivity contribution in [3.63, 3.8) is 0 Å². The Labute approximate surface area is 782 Å². The quantitative estimate of drug-likeness (QED) is 0.00670. The van der Waals surface area contributed by atoms with Gasteiger partial charge in [-0.1, -0.05) is 71.6 Å². The maximum atomic E-state index is 14.4.